The molecule has 3 nitrogen and oxygen atoms in total. The van der Waals surface area contributed by atoms with Crippen LogP contribution in [0, 0.1) is 0 Å². The molecule has 1 aliphatic rings. The largest absolute Gasteiger partial charge is 0.422 e. The van der Waals surface area contributed by atoms with Crippen molar-refractivity contribution in [1.29, 1.82) is 0 Å². The molecule has 18 heteroatoms. The summed E-state index contributed by atoms with van der Waals surface area (Å²) in [6, 6.07) is 0. The summed E-state index contributed by atoms with van der Waals surface area (Å²) in [6.07, 6.45) is -25.7. The summed E-state index contributed by atoms with van der Waals surface area (Å²) < 4.78 is 170. The van der Waals surface area contributed by atoms with E-state index >= 15 is 0 Å². The average molecular weight is 498 g/mol. The van der Waals surface area contributed by atoms with Gasteiger partial charge >= 0.3 is 32.3 Å². The van der Waals surface area contributed by atoms with E-state index in [1.807, 2.05) is 0 Å². The number of hydrogen-bond acceptors (Lipinski definition) is 5. The lowest BCUT2D eigenvalue weighted by atomic mass is 10.1. The highest BCUT2D eigenvalue weighted by atomic mass is 32.2. The minimum absolute atomic E-state index is 0.336. The van der Waals surface area contributed by atoms with Crippen molar-refractivity contribution < 1.29 is 66.3 Å². The van der Waals surface area contributed by atoms with E-state index in [1.54, 1.807) is 0 Å². The maximum Gasteiger partial charge on any atom is 0.422 e. The highest BCUT2D eigenvalue weighted by Gasteiger charge is 2.82. The summed E-state index contributed by atoms with van der Waals surface area (Å²) in [5.41, 5.74) is -3.59. The van der Waals surface area contributed by atoms with E-state index in [1.165, 1.54) is 0 Å². The number of hydrogen-bond donors (Lipinski definition) is 0. The van der Waals surface area contributed by atoms with Crippen LogP contribution < -0.4 is 0 Å². The van der Waals surface area contributed by atoms with Crippen LogP contribution in [0.1, 0.15) is 0 Å². The molecular formula is C10H7F12O3PS2. The summed E-state index contributed by atoms with van der Waals surface area (Å²) in [7, 11) is -4.82. The molecule has 0 aromatic rings. The van der Waals surface area contributed by atoms with Crippen molar-refractivity contribution in [2.75, 3.05) is 14.2 Å². The zero-order valence-electron chi connectivity index (χ0n) is 13.1. The third kappa shape index (κ3) is 4.27. The average Bonchev–Trinajstić information content (AvgIpc) is 2.84. The monoisotopic (exact) mass is 498 g/mol. The Morgan fingerprint density at radius 1 is 0.857 bits per heavy atom. The molecule has 0 amide bonds. The van der Waals surface area contributed by atoms with Crippen molar-refractivity contribution in [3.05, 3.63) is 9.81 Å². The van der Waals surface area contributed by atoms with Gasteiger partial charge in [0.15, 0.2) is 5.57 Å². The summed E-state index contributed by atoms with van der Waals surface area (Å²) >= 11 is -2.94. The summed E-state index contributed by atoms with van der Waals surface area (Å²) in [5.74, 6) is 0. The molecule has 1 fully saturated rings. The highest BCUT2D eigenvalue weighted by Crippen LogP contribution is 2.77. The second-order valence-corrected chi connectivity index (χ2v) is 10.2. The Balaban J connectivity index is 3.99. The first-order valence-corrected chi connectivity index (χ1v) is 9.58. The predicted octanol–water partition coefficient (Wildman–Crippen LogP) is 6.48. The fourth-order valence-corrected chi connectivity index (χ4v) is 8.50. The summed E-state index contributed by atoms with van der Waals surface area (Å²) in [5, 5.41) is 0. The first-order chi connectivity index (χ1) is 12.2. The van der Waals surface area contributed by atoms with Gasteiger partial charge in [-0.15, -0.1) is 11.8 Å². The SMILES string of the molecule is COP(=O)(OC)C1SC(=C(C(F)(F)F)C(F)(F)F)SC1(C(F)(F)F)C(F)(F)F. The second kappa shape index (κ2) is 7.46. The number of halogens is 12. The van der Waals surface area contributed by atoms with Crippen LogP contribution in [0.4, 0.5) is 52.7 Å². The van der Waals surface area contributed by atoms with Gasteiger partial charge < -0.3 is 9.05 Å². The van der Waals surface area contributed by atoms with Gasteiger partial charge in [-0.05, 0) is 0 Å². The lowest BCUT2D eigenvalue weighted by molar-refractivity contribution is -0.260. The fourth-order valence-electron chi connectivity index (χ4n) is 2.02. The molecule has 28 heavy (non-hydrogen) atoms. The van der Waals surface area contributed by atoms with Gasteiger partial charge in [0.05, 0.1) is 4.24 Å². The Labute approximate surface area is 156 Å². The van der Waals surface area contributed by atoms with E-state index in [2.05, 4.69) is 9.05 Å². The first kappa shape index (κ1) is 25.8. The maximum atomic E-state index is 13.4. The van der Waals surface area contributed by atoms with Crippen LogP contribution in [0.25, 0.3) is 0 Å². The van der Waals surface area contributed by atoms with E-state index in [0.29, 0.717) is 14.2 Å². The maximum absolute atomic E-state index is 13.4. The van der Waals surface area contributed by atoms with Crippen LogP contribution in [0.15, 0.2) is 9.81 Å². The van der Waals surface area contributed by atoms with Crippen molar-refractivity contribution in [2.45, 2.75) is 34.4 Å². The Bertz CT molecular complexity index is 639. The van der Waals surface area contributed by atoms with Crippen molar-refractivity contribution in [3.63, 3.8) is 0 Å². The summed E-state index contributed by atoms with van der Waals surface area (Å²) in [4.78, 5) is -3.53. The molecule has 0 N–H and O–H groups in total. The van der Waals surface area contributed by atoms with Gasteiger partial charge in [-0.2, -0.15) is 52.7 Å². The van der Waals surface area contributed by atoms with Gasteiger partial charge in [0.2, 0.25) is 4.75 Å². The number of allylic oxidation sites excluding steroid dienone is 1. The van der Waals surface area contributed by atoms with Crippen molar-refractivity contribution >= 4 is 31.1 Å². The minimum Gasteiger partial charge on any atom is -0.311 e. The van der Waals surface area contributed by atoms with Crippen molar-refractivity contribution in [3.8, 4) is 0 Å². The van der Waals surface area contributed by atoms with Gasteiger partial charge in [-0.1, -0.05) is 11.8 Å². The van der Waals surface area contributed by atoms with E-state index < -0.39 is 75.4 Å². The van der Waals surface area contributed by atoms with Crippen molar-refractivity contribution in [2.24, 2.45) is 0 Å². The van der Waals surface area contributed by atoms with Crippen LogP contribution in [0.3, 0.4) is 0 Å². The van der Waals surface area contributed by atoms with Gasteiger partial charge in [0.25, 0.3) is 0 Å². The Kier molecular flexibility index (Phi) is 6.87. The molecule has 1 heterocycles. The fraction of sp³-hybridized carbons (Fsp3) is 0.800. The third-order valence-electron chi connectivity index (χ3n) is 3.23. The lowest BCUT2D eigenvalue weighted by Crippen LogP contribution is -2.58. The Morgan fingerprint density at radius 3 is 1.46 bits per heavy atom. The van der Waals surface area contributed by atoms with Gasteiger partial charge in [0, 0.05) is 14.2 Å². The normalized spacial score (nSPS) is 21.9. The van der Waals surface area contributed by atoms with E-state index in [-0.39, 0.29) is 0 Å². The number of rotatable bonds is 3. The van der Waals surface area contributed by atoms with Gasteiger partial charge in [-0.25, -0.2) is 0 Å². The second-order valence-electron chi connectivity index (χ2n) is 4.87. The molecule has 0 aromatic carbocycles. The lowest BCUT2D eigenvalue weighted by Gasteiger charge is -2.38. The van der Waals surface area contributed by atoms with Gasteiger partial charge in [0.1, 0.15) is 4.99 Å². The highest BCUT2D eigenvalue weighted by molar-refractivity contribution is 8.28. The molecule has 0 saturated carbocycles. The molecule has 1 atom stereocenters. The van der Waals surface area contributed by atoms with E-state index in [9.17, 15) is 57.3 Å². The number of thioether (sulfide) groups is 2. The minimum atomic E-state index is -6.48. The standard InChI is InChI=1S/C10H7F12O3PS2/c1-24-26(23,25-2)5-6(9(17,18)19,10(20,21)22)28-4(27-5)3(7(11,12)13)8(14,15)16/h5H,1-2H3. The van der Waals surface area contributed by atoms with Crippen molar-refractivity contribution in [1.82, 2.24) is 0 Å². The van der Waals surface area contributed by atoms with Crippen LogP contribution in [0.5, 0.6) is 0 Å². The zero-order chi connectivity index (χ0) is 22.6. The zero-order valence-corrected chi connectivity index (χ0v) is 15.6. The summed E-state index contributed by atoms with van der Waals surface area (Å²) in [6.45, 7) is 0. The quantitative estimate of drug-likeness (QED) is 0.329. The molecule has 0 aliphatic carbocycles. The Morgan fingerprint density at radius 2 is 1.21 bits per heavy atom. The third-order valence-corrected chi connectivity index (χ3v) is 9.57. The van der Waals surface area contributed by atoms with Crippen LogP contribution >= 0.6 is 31.1 Å². The molecule has 0 radical (unpaired) electrons. The number of alkyl halides is 12. The predicted molar refractivity (Wildman–Crippen MR) is 74.6 cm³/mol. The topological polar surface area (TPSA) is 35.5 Å². The molecule has 0 bridgehead atoms. The molecule has 1 aliphatic heterocycles. The molecule has 1 rings (SSSR count). The van der Waals surface area contributed by atoms with Crippen LogP contribution in [0.2, 0.25) is 0 Å². The molecule has 0 aromatic heterocycles. The van der Waals surface area contributed by atoms with Crippen LogP contribution in [-0.2, 0) is 13.6 Å². The molecular weight excluding hydrogens is 491 g/mol. The molecule has 1 saturated heterocycles. The first-order valence-electron chi connectivity index (χ1n) is 6.28. The van der Waals surface area contributed by atoms with E-state index in [4.69, 9.17) is 0 Å². The van der Waals surface area contributed by atoms with E-state index in [0.717, 1.165) is 0 Å². The molecule has 1 unspecified atom stereocenters. The molecule has 166 valence electrons. The van der Waals surface area contributed by atoms with Crippen LogP contribution in [-0.4, -0.2) is 48.7 Å². The molecule has 0 spiro atoms. The smallest absolute Gasteiger partial charge is 0.311 e. The van der Waals surface area contributed by atoms with Gasteiger partial charge in [-0.3, -0.25) is 4.57 Å². The Hall–Kier alpha value is -0.250.